The maximum absolute atomic E-state index is 5.75. The maximum Gasteiger partial charge on any atom is 0.191 e. The van der Waals surface area contributed by atoms with Gasteiger partial charge < -0.3 is 15.4 Å². The molecule has 2 N–H and O–H groups in total. The minimum atomic E-state index is 0.131. The molecule has 0 aliphatic heterocycles. The lowest BCUT2D eigenvalue weighted by molar-refractivity contribution is 0.271. The van der Waals surface area contributed by atoms with Crippen molar-refractivity contribution in [2.45, 2.75) is 47.2 Å². The Labute approximate surface area is 163 Å². The predicted molar refractivity (Wildman–Crippen MR) is 111 cm³/mol. The van der Waals surface area contributed by atoms with E-state index in [1.807, 2.05) is 30.8 Å². The van der Waals surface area contributed by atoms with Crippen LogP contribution in [0.2, 0.25) is 0 Å². The molecule has 0 fully saturated rings. The number of nitrogens with zero attached hydrogens (tertiary/aromatic N) is 3. The first-order valence-electron chi connectivity index (χ1n) is 9.50. The van der Waals surface area contributed by atoms with Gasteiger partial charge >= 0.3 is 0 Å². The molecule has 1 heterocycles. The lowest BCUT2D eigenvalue weighted by Crippen LogP contribution is -2.38. The molecule has 1 aromatic heterocycles. The highest BCUT2D eigenvalue weighted by Gasteiger charge is 2.12. The van der Waals surface area contributed by atoms with Gasteiger partial charge in [-0.05, 0) is 44.4 Å². The average Bonchev–Trinajstić information content (AvgIpc) is 2.89. The number of aliphatic imine (C=N–C) groups is 1. The number of benzene rings is 1. The Morgan fingerprint density at radius 3 is 2.37 bits per heavy atom. The van der Waals surface area contributed by atoms with Crippen LogP contribution in [0.15, 0.2) is 29.3 Å². The minimum absolute atomic E-state index is 0.131. The Kier molecular flexibility index (Phi) is 7.28. The first kappa shape index (κ1) is 20.8. The van der Waals surface area contributed by atoms with Crippen molar-refractivity contribution in [3.8, 4) is 5.75 Å². The largest absolute Gasteiger partial charge is 0.493 e. The summed E-state index contributed by atoms with van der Waals surface area (Å²) < 4.78 is 7.66. The summed E-state index contributed by atoms with van der Waals surface area (Å²) in [5, 5.41) is 11.3. The molecule has 0 aliphatic rings. The van der Waals surface area contributed by atoms with Crippen LogP contribution in [-0.2, 0) is 13.6 Å². The van der Waals surface area contributed by atoms with Crippen LogP contribution in [-0.4, -0.2) is 29.4 Å². The van der Waals surface area contributed by atoms with E-state index in [2.05, 4.69) is 60.6 Å². The molecular weight excluding hydrogens is 338 g/mol. The minimum Gasteiger partial charge on any atom is -0.493 e. The van der Waals surface area contributed by atoms with E-state index in [0.717, 1.165) is 24.0 Å². The third-order valence-electron chi connectivity index (χ3n) is 4.63. The van der Waals surface area contributed by atoms with Gasteiger partial charge in [0.2, 0.25) is 0 Å². The standard InChI is InChI=1S/C21H33N5O/c1-14(2)13-27-19-10-8-18(9-11-19)15(3)24-21(22-6)23-12-20-16(4)25-26(7)17(20)5/h8-11,14-15H,12-13H2,1-7H3,(H2,22,23,24). The van der Waals surface area contributed by atoms with E-state index in [-0.39, 0.29) is 6.04 Å². The summed E-state index contributed by atoms with van der Waals surface area (Å²) in [6.07, 6.45) is 0. The third kappa shape index (κ3) is 5.74. The van der Waals surface area contributed by atoms with Gasteiger partial charge in [0, 0.05) is 31.9 Å². The molecule has 0 aliphatic carbocycles. The predicted octanol–water partition coefficient (Wildman–Crippen LogP) is 3.50. The second kappa shape index (κ2) is 9.44. The first-order chi connectivity index (χ1) is 12.8. The van der Waals surface area contributed by atoms with E-state index in [1.165, 1.54) is 16.8 Å². The molecular formula is C21H33N5O. The molecule has 2 aromatic rings. The van der Waals surface area contributed by atoms with Gasteiger partial charge in [0.05, 0.1) is 18.3 Å². The lowest BCUT2D eigenvalue weighted by atomic mass is 10.1. The van der Waals surface area contributed by atoms with Gasteiger partial charge in [0.25, 0.3) is 0 Å². The molecule has 0 amide bonds. The summed E-state index contributed by atoms with van der Waals surface area (Å²) in [6.45, 7) is 12.0. The monoisotopic (exact) mass is 371 g/mol. The van der Waals surface area contributed by atoms with Gasteiger partial charge in [0.15, 0.2) is 5.96 Å². The molecule has 6 nitrogen and oxygen atoms in total. The van der Waals surface area contributed by atoms with Gasteiger partial charge in [-0.3, -0.25) is 9.67 Å². The molecule has 0 saturated heterocycles. The summed E-state index contributed by atoms with van der Waals surface area (Å²) in [5.41, 5.74) is 4.60. The molecule has 0 radical (unpaired) electrons. The van der Waals surface area contributed by atoms with E-state index in [4.69, 9.17) is 4.74 Å². The number of hydrogen-bond acceptors (Lipinski definition) is 3. The Balaban J connectivity index is 1.93. The molecule has 0 saturated carbocycles. The van der Waals surface area contributed by atoms with E-state index in [1.54, 1.807) is 7.05 Å². The zero-order valence-electron chi connectivity index (χ0n) is 17.6. The van der Waals surface area contributed by atoms with Crippen LogP contribution in [0, 0.1) is 19.8 Å². The second-order valence-corrected chi connectivity index (χ2v) is 7.34. The molecule has 6 heteroatoms. The average molecular weight is 372 g/mol. The van der Waals surface area contributed by atoms with Crippen LogP contribution in [0.1, 0.15) is 49.3 Å². The van der Waals surface area contributed by atoms with Crippen LogP contribution in [0.4, 0.5) is 0 Å². The van der Waals surface area contributed by atoms with Crippen molar-refractivity contribution in [2.75, 3.05) is 13.7 Å². The van der Waals surface area contributed by atoms with Crippen molar-refractivity contribution in [3.05, 3.63) is 46.8 Å². The van der Waals surface area contributed by atoms with Crippen LogP contribution >= 0.6 is 0 Å². The third-order valence-corrected chi connectivity index (χ3v) is 4.63. The Morgan fingerprint density at radius 1 is 1.19 bits per heavy atom. The summed E-state index contributed by atoms with van der Waals surface area (Å²) in [7, 11) is 3.75. The van der Waals surface area contributed by atoms with Crippen molar-refractivity contribution >= 4 is 5.96 Å². The Morgan fingerprint density at radius 2 is 1.85 bits per heavy atom. The summed E-state index contributed by atoms with van der Waals surface area (Å²) in [4.78, 5) is 4.34. The van der Waals surface area contributed by atoms with Crippen molar-refractivity contribution in [1.29, 1.82) is 0 Å². The fraction of sp³-hybridized carbons (Fsp3) is 0.524. The van der Waals surface area contributed by atoms with Crippen molar-refractivity contribution in [1.82, 2.24) is 20.4 Å². The Hall–Kier alpha value is -2.50. The highest BCUT2D eigenvalue weighted by molar-refractivity contribution is 5.80. The van der Waals surface area contributed by atoms with Gasteiger partial charge in [-0.25, -0.2) is 0 Å². The van der Waals surface area contributed by atoms with Crippen molar-refractivity contribution in [3.63, 3.8) is 0 Å². The second-order valence-electron chi connectivity index (χ2n) is 7.34. The fourth-order valence-electron chi connectivity index (χ4n) is 2.84. The molecule has 1 aromatic carbocycles. The number of guanidine groups is 1. The molecule has 2 rings (SSSR count). The first-order valence-corrected chi connectivity index (χ1v) is 9.50. The van der Waals surface area contributed by atoms with Crippen LogP contribution in [0.5, 0.6) is 5.75 Å². The van der Waals surface area contributed by atoms with Crippen LogP contribution in [0.25, 0.3) is 0 Å². The zero-order valence-corrected chi connectivity index (χ0v) is 17.6. The number of aromatic nitrogens is 2. The van der Waals surface area contributed by atoms with Gasteiger partial charge in [-0.2, -0.15) is 5.10 Å². The summed E-state index contributed by atoms with van der Waals surface area (Å²) in [5.74, 6) is 2.20. The van der Waals surface area contributed by atoms with Gasteiger partial charge in [0.1, 0.15) is 5.75 Å². The molecule has 1 unspecified atom stereocenters. The highest BCUT2D eigenvalue weighted by atomic mass is 16.5. The summed E-state index contributed by atoms with van der Waals surface area (Å²) in [6, 6.07) is 8.36. The zero-order chi connectivity index (χ0) is 20.0. The van der Waals surface area contributed by atoms with E-state index < -0.39 is 0 Å². The van der Waals surface area contributed by atoms with E-state index in [9.17, 15) is 0 Å². The van der Waals surface area contributed by atoms with Crippen LogP contribution < -0.4 is 15.4 Å². The van der Waals surface area contributed by atoms with E-state index >= 15 is 0 Å². The smallest absolute Gasteiger partial charge is 0.191 e. The maximum atomic E-state index is 5.75. The fourth-order valence-corrected chi connectivity index (χ4v) is 2.84. The normalized spacial score (nSPS) is 13.0. The van der Waals surface area contributed by atoms with Crippen molar-refractivity contribution < 1.29 is 4.74 Å². The highest BCUT2D eigenvalue weighted by Crippen LogP contribution is 2.18. The van der Waals surface area contributed by atoms with E-state index in [0.29, 0.717) is 12.5 Å². The summed E-state index contributed by atoms with van der Waals surface area (Å²) >= 11 is 0. The van der Waals surface area contributed by atoms with Crippen LogP contribution in [0.3, 0.4) is 0 Å². The molecule has 0 bridgehead atoms. The van der Waals surface area contributed by atoms with Gasteiger partial charge in [-0.15, -0.1) is 0 Å². The van der Waals surface area contributed by atoms with Crippen molar-refractivity contribution in [2.24, 2.45) is 18.0 Å². The number of aryl methyl sites for hydroxylation is 2. The quantitative estimate of drug-likeness (QED) is 0.578. The number of rotatable bonds is 7. The van der Waals surface area contributed by atoms with Gasteiger partial charge in [-0.1, -0.05) is 26.0 Å². The molecule has 148 valence electrons. The molecule has 1 atom stereocenters. The SMILES string of the molecule is CN=C(NCc1c(C)nn(C)c1C)NC(C)c1ccc(OCC(C)C)cc1. The molecule has 27 heavy (non-hydrogen) atoms. The molecule has 0 spiro atoms. The number of hydrogen-bond donors (Lipinski definition) is 2. The topological polar surface area (TPSA) is 63.5 Å². The lowest BCUT2D eigenvalue weighted by Gasteiger charge is -2.19. The number of ether oxygens (including phenoxy) is 1. The Bertz CT molecular complexity index is 762. The number of nitrogens with one attached hydrogen (secondary N) is 2.